The molecule has 0 unspecified atom stereocenters. The van der Waals surface area contributed by atoms with Crippen molar-refractivity contribution in [2.45, 2.75) is 24.3 Å². The van der Waals surface area contributed by atoms with Crippen LogP contribution >= 0.6 is 0 Å². The first kappa shape index (κ1) is 16.9. The molecular weight excluding hydrogens is 342 g/mol. The van der Waals surface area contributed by atoms with Crippen LogP contribution in [0.3, 0.4) is 0 Å². The van der Waals surface area contributed by atoms with E-state index in [0.29, 0.717) is 18.9 Å². The van der Waals surface area contributed by atoms with Gasteiger partial charge in [0.2, 0.25) is 10.0 Å². The van der Waals surface area contributed by atoms with E-state index in [-0.39, 0.29) is 18.0 Å². The van der Waals surface area contributed by atoms with Crippen molar-refractivity contribution in [3.8, 4) is 0 Å². The van der Waals surface area contributed by atoms with Gasteiger partial charge in [-0.25, -0.2) is 26.9 Å². The Bertz CT molecular complexity index is 827. The molecule has 0 amide bonds. The number of halogens is 2. The number of ether oxygens (including phenoxy) is 1. The Morgan fingerprint density at radius 1 is 1.38 bits per heavy atom. The van der Waals surface area contributed by atoms with Crippen LogP contribution in [0.25, 0.3) is 0 Å². The van der Waals surface area contributed by atoms with Gasteiger partial charge < -0.3 is 4.74 Å². The molecule has 2 heterocycles. The van der Waals surface area contributed by atoms with E-state index in [1.807, 2.05) is 0 Å². The third-order valence-electron chi connectivity index (χ3n) is 3.98. The van der Waals surface area contributed by atoms with Crippen LogP contribution in [0.15, 0.2) is 23.4 Å². The van der Waals surface area contributed by atoms with Crippen LogP contribution in [0, 0.1) is 24.5 Å². The van der Waals surface area contributed by atoms with E-state index in [9.17, 15) is 17.2 Å². The number of aromatic nitrogens is 3. The number of rotatable bonds is 5. The van der Waals surface area contributed by atoms with Crippen molar-refractivity contribution in [1.29, 1.82) is 0 Å². The summed E-state index contributed by atoms with van der Waals surface area (Å²) in [5.41, 5.74) is 0.0426. The predicted octanol–water partition coefficient (Wildman–Crippen LogP) is 1.45. The van der Waals surface area contributed by atoms with Crippen molar-refractivity contribution in [1.82, 2.24) is 19.9 Å². The van der Waals surface area contributed by atoms with E-state index in [0.717, 1.165) is 6.07 Å². The summed E-state index contributed by atoms with van der Waals surface area (Å²) in [6.45, 7) is 1.83. The van der Waals surface area contributed by atoms with Crippen molar-refractivity contribution in [2.75, 3.05) is 13.2 Å². The topological polar surface area (TPSA) is 97.0 Å². The molecule has 2 aromatic rings. The lowest BCUT2D eigenvalue weighted by molar-refractivity contribution is 0.0848. The van der Waals surface area contributed by atoms with Gasteiger partial charge in [-0.2, -0.15) is 5.10 Å². The lowest BCUT2D eigenvalue weighted by atomic mass is 10.0. The third-order valence-corrected chi connectivity index (χ3v) is 5.42. The van der Waals surface area contributed by atoms with E-state index in [2.05, 4.69) is 19.9 Å². The zero-order valence-electron chi connectivity index (χ0n) is 12.8. The minimum absolute atomic E-state index is 0.0165. The van der Waals surface area contributed by atoms with Crippen LogP contribution in [0.5, 0.6) is 0 Å². The molecule has 130 valence electrons. The van der Waals surface area contributed by atoms with Gasteiger partial charge in [0.25, 0.3) is 0 Å². The molecule has 3 rings (SSSR count). The summed E-state index contributed by atoms with van der Waals surface area (Å²) in [7, 11) is -4.18. The van der Waals surface area contributed by atoms with E-state index in [1.54, 1.807) is 0 Å². The Hall–Kier alpha value is -1.91. The highest BCUT2D eigenvalue weighted by Gasteiger charge is 2.33. The van der Waals surface area contributed by atoms with Gasteiger partial charge in [0, 0.05) is 19.1 Å². The highest BCUT2D eigenvalue weighted by molar-refractivity contribution is 7.89. The van der Waals surface area contributed by atoms with Crippen molar-refractivity contribution in [2.24, 2.45) is 5.92 Å². The predicted molar refractivity (Wildman–Crippen MR) is 79.5 cm³/mol. The molecule has 1 aliphatic heterocycles. The molecule has 0 bridgehead atoms. The average molecular weight is 358 g/mol. The molecule has 1 aliphatic rings. The number of aromatic amines is 1. The van der Waals surface area contributed by atoms with Crippen molar-refractivity contribution in [3.63, 3.8) is 0 Å². The minimum Gasteiger partial charge on any atom is -0.370 e. The molecule has 7 nitrogen and oxygen atoms in total. The first-order valence-electron chi connectivity index (χ1n) is 7.31. The number of nitrogens with zero attached hydrogens (tertiary/aromatic N) is 2. The quantitative estimate of drug-likeness (QED) is 0.843. The number of H-pyrrole nitrogens is 1. The fourth-order valence-electron chi connectivity index (χ4n) is 2.63. The first-order valence-corrected chi connectivity index (χ1v) is 8.79. The summed E-state index contributed by atoms with van der Waals surface area (Å²) < 4.78 is 59.9. The highest BCUT2D eigenvalue weighted by atomic mass is 32.2. The summed E-state index contributed by atoms with van der Waals surface area (Å²) in [5.74, 6) is -2.23. The largest absolute Gasteiger partial charge is 0.370 e. The minimum atomic E-state index is -4.18. The lowest BCUT2D eigenvalue weighted by Gasteiger charge is -2.17. The number of benzene rings is 1. The van der Waals surface area contributed by atoms with Crippen LogP contribution in [0.4, 0.5) is 8.78 Å². The Morgan fingerprint density at radius 2 is 2.17 bits per heavy atom. The molecule has 2 N–H and O–H groups in total. The number of hydrogen-bond donors (Lipinski definition) is 2. The normalized spacial score (nSPS) is 21.3. The SMILES string of the molecule is Cc1ccc(S(=O)(=O)NC[C@@H]2CCO[C@@H]2c2ncn[nH]2)c(F)c1F. The Morgan fingerprint density at radius 3 is 2.88 bits per heavy atom. The van der Waals surface area contributed by atoms with Gasteiger partial charge in [0.1, 0.15) is 17.3 Å². The van der Waals surface area contributed by atoms with Crippen molar-refractivity contribution >= 4 is 10.0 Å². The van der Waals surface area contributed by atoms with Crippen LogP contribution in [0.1, 0.15) is 23.9 Å². The summed E-state index contributed by atoms with van der Waals surface area (Å²) in [4.78, 5) is 3.30. The summed E-state index contributed by atoms with van der Waals surface area (Å²) in [6.07, 6.45) is 1.52. The molecule has 0 saturated carbocycles. The second-order valence-corrected chi connectivity index (χ2v) is 7.31. The number of nitrogens with one attached hydrogen (secondary N) is 2. The smallest absolute Gasteiger partial charge is 0.243 e. The molecule has 1 fully saturated rings. The zero-order valence-corrected chi connectivity index (χ0v) is 13.6. The van der Waals surface area contributed by atoms with Crippen LogP contribution in [-0.2, 0) is 14.8 Å². The maximum Gasteiger partial charge on any atom is 0.243 e. The monoisotopic (exact) mass is 358 g/mol. The van der Waals surface area contributed by atoms with Gasteiger partial charge in [-0.3, -0.25) is 5.10 Å². The number of sulfonamides is 1. The maximum absolute atomic E-state index is 13.9. The molecule has 1 aromatic carbocycles. The fourth-order valence-corrected chi connectivity index (χ4v) is 3.79. The van der Waals surface area contributed by atoms with Gasteiger partial charge in [-0.15, -0.1) is 0 Å². The van der Waals surface area contributed by atoms with Gasteiger partial charge in [0.15, 0.2) is 17.5 Å². The lowest BCUT2D eigenvalue weighted by Crippen LogP contribution is -2.31. The molecule has 1 aromatic heterocycles. The molecular formula is C14H16F2N4O3S. The van der Waals surface area contributed by atoms with Gasteiger partial charge in [0.05, 0.1) is 0 Å². The molecule has 0 radical (unpaired) electrons. The zero-order chi connectivity index (χ0) is 17.3. The van der Waals surface area contributed by atoms with Crippen LogP contribution < -0.4 is 4.72 Å². The van der Waals surface area contributed by atoms with E-state index < -0.39 is 32.7 Å². The Kier molecular flexibility index (Phi) is 4.61. The molecule has 1 saturated heterocycles. The maximum atomic E-state index is 13.9. The number of aryl methyl sites for hydroxylation is 1. The first-order chi connectivity index (χ1) is 11.4. The number of hydrogen-bond acceptors (Lipinski definition) is 5. The highest BCUT2D eigenvalue weighted by Crippen LogP contribution is 2.32. The average Bonchev–Trinajstić information content (AvgIpc) is 3.21. The summed E-state index contributed by atoms with van der Waals surface area (Å²) >= 11 is 0. The van der Waals surface area contributed by atoms with Crippen LogP contribution in [-0.4, -0.2) is 36.8 Å². The fraction of sp³-hybridized carbons (Fsp3) is 0.429. The van der Waals surface area contributed by atoms with E-state index in [1.165, 1.54) is 19.3 Å². The third kappa shape index (κ3) is 3.17. The van der Waals surface area contributed by atoms with Gasteiger partial charge >= 0.3 is 0 Å². The van der Waals surface area contributed by atoms with Crippen molar-refractivity contribution < 1.29 is 21.9 Å². The van der Waals surface area contributed by atoms with Crippen LogP contribution in [0.2, 0.25) is 0 Å². The Labute approximate surface area is 137 Å². The van der Waals surface area contributed by atoms with E-state index >= 15 is 0 Å². The summed E-state index contributed by atoms with van der Waals surface area (Å²) in [5, 5.41) is 6.43. The molecule has 2 atom stereocenters. The standard InChI is InChI=1S/C14H16F2N4O3S/c1-8-2-3-10(12(16)11(8)15)24(21,22)19-6-9-4-5-23-13(9)14-17-7-18-20-14/h2-3,7,9,13,19H,4-6H2,1H3,(H,17,18,20)/t9-,13-/m0/s1. The molecule has 24 heavy (non-hydrogen) atoms. The molecule has 10 heteroatoms. The van der Waals surface area contributed by atoms with Crippen molar-refractivity contribution in [3.05, 3.63) is 41.5 Å². The molecule has 0 spiro atoms. The van der Waals surface area contributed by atoms with Gasteiger partial charge in [-0.05, 0) is 25.0 Å². The second kappa shape index (κ2) is 6.54. The Balaban J connectivity index is 1.75. The van der Waals surface area contributed by atoms with E-state index in [4.69, 9.17) is 4.74 Å². The molecule has 0 aliphatic carbocycles. The summed E-state index contributed by atoms with van der Waals surface area (Å²) in [6, 6.07) is 2.28. The second-order valence-electron chi connectivity index (χ2n) is 5.57. The van der Waals surface area contributed by atoms with Gasteiger partial charge in [-0.1, -0.05) is 6.07 Å².